The first-order valence-electron chi connectivity index (χ1n) is 6.39. The molecule has 2 aliphatic carbocycles. The summed E-state index contributed by atoms with van der Waals surface area (Å²) in [5.41, 5.74) is 3.61. The molecule has 0 saturated heterocycles. The highest BCUT2D eigenvalue weighted by atomic mass is 14.5. The Labute approximate surface area is 94.5 Å². The van der Waals surface area contributed by atoms with Gasteiger partial charge in [-0.2, -0.15) is 0 Å². The summed E-state index contributed by atoms with van der Waals surface area (Å²) < 4.78 is 0. The Morgan fingerprint density at radius 1 is 1.53 bits per heavy atom. The van der Waals surface area contributed by atoms with E-state index in [9.17, 15) is 0 Å². The van der Waals surface area contributed by atoms with Crippen molar-refractivity contribution in [2.45, 2.75) is 52.9 Å². The van der Waals surface area contributed by atoms with E-state index in [0.29, 0.717) is 5.41 Å². The van der Waals surface area contributed by atoms with Gasteiger partial charge >= 0.3 is 0 Å². The van der Waals surface area contributed by atoms with E-state index < -0.39 is 0 Å². The molecule has 0 heteroatoms. The second-order valence-corrected chi connectivity index (χ2v) is 5.92. The molecular weight excluding hydrogens is 180 g/mol. The summed E-state index contributed by atoms with van der Waals surface area (Å²) >= 11 is 0. The van der Waals surface area contributed by atoms with Crippen molar-refractivity contribution in [2.24, 2.45) is 17.3 Å². The maximum Gasteiger partial charge on any atom is -0.00850 e. The molecule has 15 heavy (non-hydrogen) atoms. The zero-order valence-electron chi connectivity index (χ0n) is 10.5. The van der Waals surface area contributed by atoms with E-state index in [4.69, 9.17) is 0 Å². The van der Waals surface area contributed by atoms with Crippen LogP contribution in [0.2, 0.25) is 0 Å². The molecule has 0 aromatic rings. The number of allylic oxidation sites excluding steroid dienone is 3. The molecule has 0 bridgehead atoms. The molecule has 0 amide bonds. The van der Waals surface area contributed by atoms with Crippen LogP contribution >= 0.6 is 0 Å². The second-order valence-electron chi connectivity index (χ2n) is 5.92. The van der Waals surface area contributed by atoms with Gasteiger partial charge in [0.15, 0.2) is 0 Å². The Hall–Kier alpha value is -0.520. The summed E-state index contributed by atoms with van der Waals surface area (Å²) in [4.78, 5) is 0. The Morgan fingerprint density at radius 2 is 2.27 bits per heavy atom. The van der Waals surface area contributed by atoms with Crippen molar-refractivity contribution in [1.29, 1.82) is 0 Å². The molecule has 2 aliphatic rings. The summed E-state index contributed by atoms with van der Waals surface area (Å²) in [5.74, 6) is 1.60. The zero-order chi connectivity index (χ0) is 11.1. The van der Waals surface area contributed by atoms with E-state index >= 15 is 0 Å². The third kappa shape index (κ3) is 1.79. The third-order valence-electron chi connectivity index (χ3n) is 4.92. The first-order valence-corrected chi connectivity index (χ1v) is 6.39. The van der Waals surface area contributed by atoms with Gasteiger partial charge in [0.05, 0.1) is 0 Å². The minimum Gasteiger partial charge on any atom is -0.0998 e. The van der Waals surface area contributed by atoms with E-state index in [1.165, 1.54) is 37.7 Å². The van der Waals surface area contributed by atoms with Crippen LogP contribution in [0.1, 0.15) is 52.9 Å². The molecule has 3 atom stereocenters. The fourth-order valence-electron chi connectivity index (χ4n) is 3.44. The average Bonchev–Trinajstić information content (AvgIpc) is 2.19. The number of hydrogen-bond acceptors (Lipinski definition) is 0. The maximum absolute atomic E-state index is 4.14. The molecular formula is C15H24. The lowest BCUT2D eigenvalue weighted by atomic mass is 9.58. The first-order chi connectivity index (χ1) is 7.04. The highest BCUT2D eigenvalue weighted by molar-refractivity contribution is 5.23. The van der Waals surface area contributed by atoms with E-state index in [0.717, 1.165) is 11.8 Å². The second kappa shape index (κ2) is 3.81. The topological polar surface area (TPSA) is 0 Å². The van der Waals surface area contributed by atoms with Crippen LogP contribution < -0.4 is 0 Å². The first kappa shape index (κ1) is 11.0. The lowest BCUT2D eigenvalue weighted by Crippen LogP contribution is -2.36. The van der Waals surface area contributed by atoms with Crippen molar-refractivity contribution in [3.8, 4) is 0 Å². The van der Waals surface area contributed by atoms with Crippen LogP contribution in [0, 0.1) is 17.3 Å². The molecule has 0 radical (unpaired) electrons. The lowest BCUT2D eigenvalue weighted by molar-refractivity contribution is 0.152. The summed E-state index contributed by atoms with van der Waals surface area (Å²) in [6.07, 6.45) is 9.28. The van der Waals surface area contributed by atoms with Gasteiger partial charge in [0.1, 0.15) is 0 Å². The normalized spacial score (nSPS) is 40.6. The molecule has 1 saturated carbocycles. The zero-order valence-corrected chi connectivity index (χ0v) is 10.5. The lowest BCUT2D eigenvalue weighted by Gasteiger charge is -2.47. The predicted molar refractivity (Wildman–Crippen MR) is 66.7 cm³/mol. The van der Waals surface area contributed by atoms with E-state index in [1.807, 2.05) is 0 Å². The van der Waals surface area contributed by atoms with Crippen molar-refractivity contribution in [3.63, 3.8) is 0 Å². The molecule has 0 heterocycles. The van der Waals surface area contributed by atoms with E-state index in [2.05, 4.69) is 33.4 Å². The van der Waals surface area contributed by atoms with Gasteiger partial charge in [-0.15, -0.1) is 0 Å². The molecule has 0 N–H and O–H groups in total. The molecule has 0 spiro atoms. The Bertz CT molecular complexity index is 297. The van der Waals surface area contributed by atoms with Gasteiger partial charge in [-0.1, -0.05) is 37.6 Å². The number of hydrogen-bond donors (Lipinski definition) is 0. The third-order valence-corrected chi connectivity index (χ3v) is 4.92. The van der Waals surface area contributed by atoms with Crippen LogP contribution in [-0.2, 0) is 0 Å². The number of fused-ring (bicyclic) bond motifs is 1. The molecule has 0 aliphatic heterocycles. The summed E-state index contributed by atoms with van der Waals surface area (Å²) in [6.45, 7) is 11.3. The fraction of sp³-hybridized carbons (Fsp3) is 0.733. The fourth-order valence-corrected chi connectivity index (χ4v) is 3.44. The summed E-state index contributed by atoms with van der Waals surface area (Å²) in [7, 11) is 0. The maximum atomic E-state index is 4.14. The smallest absolute Gasteiger partial charge is 0.00850 e. The molecule has 2 rings (SSSR count). The van der Waals surface area contributed by atoms with Crippen molar-refractivity contribution in [2.75, 3.05) is 0 Å². The minimum absolute atomic E-state index is 0.486. The summed E-state index contributed by atoms with van der Waals surface area (Å²) in [6, 6.07) is 0. The Morgan fingerprint density at radius 3 is 2.93 bits per heavy atom. The van der Waals surface area contributed by atoms with Crippen molar-refractivity contribution in [1.82, 2.24) is 0 Å². The van der Waals surface area contributed by atoms with Crippen LogP contribution in [-0.4, -0.2) is 0 Å². The van der Waals surface area contributed by atoms with E-state index in [1.54, 1.807) is 5.57 Å². The van der Waals surface area contributed by atoms with Crippen LogP contribution in [0.3, 0.4) is 0 Å². The van der Waals surface area contributed by atoms with Gasteiger partial charge in [0, 0.05) is 0 Å². The monoisotopic (exact) mass is 204 g/mol. The highest BCUT2D eigenvalue weighted by Crippen LogP contribution is 2.52. The van der Waals surface area contributed by atoms with Gasteiger partial charge in [0.2, 0.25) is 0 Å². The van der Waals surface area contributed by atoms with Crippen molar-refractivity contribution in [3.05, 3.63) is 23.8 Å². The van der Waals surface area contributed by atoms with Crippen LogP contribution in [0.5, 0.6) is 0 Å². The van der Waals surface area contributed by atoms with Gasteiger partial charge in [-0.3, -0.25) is 0 Å². The quantitative estimate of drug-likeness (QED) is 0.542. The van der Waals surface area contributed by atoms with Crippen molar-refractivity contribution >= 4 is 0 Å². The SMILES string of the molecule is C=C(C)[C@@H]1CC=C2CCC[C@@H](C)[C@]2(C)C1. The predicted octanol–water partition coefficient (Wildman–Crippen LogP) is 4.73. The standard InChI is InChI=1S/C15H24/c1-11(2)13-8-9-14-7-5-6-12(3)15(14,4)10-13/h9,12-13H,1,5-8,10H2,2-4H3/t12-,13-,15+/m1/s1. The number of rotatable bonds is 1. The average molecular weight is 204 g/mol. The Balaban J connectivity index is 2.26. The molecule has 0 unspecified atom stereocenters. The van der Waals surface area contributed by atoms with Gasteiger partial charge in [-0.05, 0) is 56.3 Å². The van der Waals surface area contributed by atoms with Gasteiger partial charge in [0.25, 0.3) is 0 Å². The summed E-state index contributed by atoms with van der Waals surface area (Å²) in [5, 5.41) is 0. The van der Waals surface area contributed by atoms with Crippen LogP contribution in [0.4, 0.5) is 0 Å². The molecule has 0 aromatic heterocycles. The largest absolute Gasteiger partial charge is 0.0998 e. The van der Waals surface area contributed by atoms with E-state index in [-0.39, 0.29) is 0 Å². The van der Waals surface area contributed by atoms with Gasteiger partial charge in [-0.25, -0.2) is 0 Å². The molecule has 1 fully saturated rings. The van der Waals surface area contributed by atoms with Crippen molar-refractivity contribution < 1.29 is 0 Å². The molecule has 84 valence electrons. The highest BCUT2D eigenvalue weighted by Gasteiger charge is 2.41. The molecule has 0 aromatic carbocycles. The molecule has 0 nitrogen and oxygen atoms in total. The van der Waals surface area contributed by atoms with Crippen LogP contribution in [0.25, 0.3) is 0 Å². The Kier molecular flexibility index (Phi) is 2.79. The van der Waals surface area contributed by atoms with Gasteiger partial charge < -0.3 is 0 Å². The minimum atomic E-state index is 0.486. The van der Waals surface area contributed by atoms with Crippen LogP contribution in [0.15, 0.2) is 23.8 Å².